The largest absolute Gasteiger partial charge is 0.497 e. The van der Waals surface area contributed by atoms with Gasteiger partial charge in [0.2, 0.25) is 0 Å². The van der Waals surface area contributed by atoms with Gasteiger partial charge in [0.1, 0.15) is 5.75 Å². The second-order valence-electron chi connectivity index (χ2n) is 3.88. The summed E-state index contributed by atoms with van der Waals surface area (Å²) in [5.41, 5.74) is 0.751. The van der Waals surface area contributed by atoms with E-state index in [0.717, 1.165) is 0 Å². The first-order chi connectivity index (χ1) is 9.02. The Hall–Kier alpha value is -1.32. The summed E-state index contributed by atoms with van der Waals surface area (Å²) in [7, 11) is 1.48. The predicted molar refractivity (Wildman–Crippen MR) is 73.4 cm³/mol. The minimum Gasteiger partial charge on any atom is -0.497 e. The van der Waals surface area contributed by atoms with E-state index in [2.05, 4.69) is 0 Å². The summed E-state index contributed by atoms with van der Waals surface area (Å²) < 4.78 is 31.2. The van der Waals surface area contributed by atoms with Crippen molar-refractivity contribution in [1.82, 2.24) is 0 Å². The second kappa shape index (κ2) is 5.76. The van der Waals surface area contributed by atoms with Crippen LogP contribution in [0.1, 0.15) is 12.0 Å². The van der Waals surface area contributed by atoms with E-state index in [0.29, 0.717) is 26.9 Å². The van der Waals surface area contributed by atoms with Gasteiger partial charge in [-0.05, 0) is 35.9 Å². The molecule has 0 heterocycles. The van der Waals surface area contributed by atoms with E-state index in [4.69, 9.17) is 27.9 Å². The van der Waals surface area contributed by atoms with E-state index in [9.17, 15) is 8.78 Å². The highest BCUT2D eigenvalue weighted by atomic mass is 35.5. The third kappa shape index (κ3) is 2.99. The Kier molecular flexibility index (Phi) is 4.27. The van der Waals surface area contributed by atoms with Gasteiger partial charge in [0, 0.05) is 21.2 Å². The monoisotopic (exact) mass is 302 g/mol. The fourth-order valence-electron chi connectivity index (χ4n) is 1.79. The summed E-state index contributed by atoms with van der Waals surface area (Å²) >= 11 is 11.9. The molecule has 19 heavy (non-hydrogen) atoms. The quantitative estimate of drug-likeness (QED) is 0.716. The van der Waals surface area contributed by atoms with Gasteiger partial charge >= 0.3 is 0 Å². The third-order valence-corrected chi connectivity index (χ3v) is 3.26. The summed E-state index contributed by atoms with van der Waals surface area (Å²) in [5.74, 6) is 0.491. The van der Waals surface area contributed by atoms with Crippen LogP contribution in [0.25, 0.3) is 11.1 Å². The van der Waals surface area contributed by atoms with Crippen molar-refractivity contribution in [1.29, 1.82) is 0 Å². The van der Waals surface area contributed by atoms with E-state index in [-0.39, 0.29) is 5.56 Å². The standard InChI is InChI=1S/C14H10Cl2F2O/c1-19-9-3-5-11(14(17)18)12(7-9)10-4-2-8(15)6-13(10)16/h2-7,14H,1H3. The normalized spacial score (nSPS) is 10.8. The molecule has 0 aliphatic heterocycles. The van der Waals surface area contributed by atoms with Crippen molar-refractivity contribution >= 4 is 23.2 Å². The molecule has 0 aromatic heterocycles. The number of halogens is 4. The van der Waals surface area contributed by atoms with Crippen molar-refractivity contribution in [3.8, 4) is 16.9 Å². The molecule has 2 aromatic rings. The van der Waals surface area contributed by atoms with Gasteiger partial charge < -0.3 is 4.74 Å². The van der Waals surface area contributed by atoms with Gasteiger partial charge in [0.05, 0.1) is 7.11 Å². The maximum atomic E-state index is 13.0. The molecule has 0 spiro atoms. The zero-order valence-electron chi connectivity index (χ0n) is 9.96. The van der Waals surface area contributed by atoms with Crippen LogP contribution >= 0.6 is 23.2 Å². The van der Waals surface area contributed by atoms with Crippen LogP contribution in [0.5, 0.6) is 5.75 Å². The molecule has 5 heteroatoms. The summed E-state index contributed by atoms with van der Waals surface area (Å²) in [6.45, 7) is 0. The summed E-state index contributed by atoms with van der Waals surface area (Å²) in [5, 5.41) is 0.776. The Bertz CT molecular complexity index is 600. The van der Waals surface area contributed by atoms with Crippen LogP contribution in [-0.2, 0) is 0 Å². The Balaban J connectivity index is 2.64. The first-order valence-corrected chi connectivity index (χ1v) is 6.20. The average Bonchev–Trinajstić information content (AvgIpc) is 2.38. The van der Waals surface area contributed by atoms with Gasteiger partial charge in [-0.25, -0.2) is 8.78 Å². The third-order valence-electron chi connectivity index (χ3n) is 2.72. The predicted octanol–water partition coefficient (Wildman–Crippen LogP) is 5.61. The molecule has 0 fully saturated rings. The van der Waals surface area contributed by atoms with Crippen molar-refractivity contribution < 1.29 is 13.5 Å². The number of ether oxygens (including phenoxy) is 1. The Morgan fingerprint density at radius 1 is 1.00 bits per heavy atom. The molecule has 1 nitrogen and oxygen atoms in total. The molecule has 0 aliphatic rings. The molecular formula is C14H10Cl2F2O. The molecule has 2 aromatic carbocycles. The molecule has 100 valence electrons. The topological polar surface area (TPSA) is 9.23 Å². The van der Waals surface area contributed by atoms with E-state index in [1.54, 1.807) is 12.1 Å². The first kappa shape index (κ1) is 14.1. The van der Waals surface area contributed by atoms with Gasteiger partial charge in [-0.1, -0.05) is 29.3 Å². The Labute approximate surface area is 119 Å². The van der Waals surface area contributed by atoms with Crippen LogP contribution in [0.2, 0.25) is 10.0 Å². The van der Waals surface area contributed by atoms with E-state index in [1.165, 1.54) is 31.4 Å². The number of rotatable bonds is 3. The molecule has 0 unspecified atom stereocenters. The van der Waals surface area contributed by atoms with Crippen molar-refractivity contribution in [2.45, 2.75) is 6.43 Å². The van der Waals surface area contributed by atoms with Gasteiger partial charge in [0.25, 0.3) is 6.43 Å². The van der Waals surface area contributed by atoms with Gasteiger partial charge in [0.15, 0.2) is 0 Å². The lowest BCUT2D eigenvalue weighted by atomic mass is 9.99. The average molecular weight is 303 g/mol. The van der Waals surface area contributed by atoms with Gasteiger partial charge in [-0.15, -0.1) is 0 Å². The number of benzene rings is 2. The van der Waals surface area contributed by atoms with Crippen LogP contribution in [0, 0.1) is 0 Å². The number of alkyl halides is 2. The highest BCUT2D eigenvalue weighted by Gasteiger charge is 2.17. The molecule has 2 rings (SSSR count). The lowest BCUT2D eigenvalue weighted by molar-refractivity contribution is 0.152. The molecular weight excluding hydrogens is 293 g/mol. The Morgan fingerprint density at radius 2 is 1.74 bits per heavy atom. The van der Waals surface area contributed by atoms with Crippen molar-refractivity contribution in [2.24, 2.45) is 0 Å². The maximum Gasteiger partial charge on any atom is 0.264 e. The molecule has 0 N–H and O–H groups in total. The number of methoxy groups -OCH3 is 1. The molecule has 0 bridgehead atoms. The maximum absolute atomic E-state index is 13.0. The molecule has 0 amide bonds. The van der Waals surface area contributed by atoms with Gasteiger partial charge in [-0.3, -0.25) is 0 Å². The van der Waals surface area contributed by atoms with Crippen molar-refractivity contribution in [2.75, 3.05) is 7.11 Å². The smallest absolute Gasteiger partial charge is 0.264 e. The molecule has 0 radical (unpaired) electrons. The molecule has 0 saturated carbocycles. The minimum atomic E-state index is -2.59. The van der Waals surface area contributed by atoms with E-state index in [1.807, 2.05) is 0 Å². The molecule has 0 atom stereocenters. The minimum absolute atomic E-state index is 0.0926. The first-order valence-electron chi connectivity index (χ1n) is 5.44. The van der Waals surface area contributed by atoms with Crippen LogP contribution in [0.4, 0.5) is 8.78 Å². The van der Waals surface area contributed by atoms with E-state index >= 15 is 0 Å². The van der Waals surface area contributed by atoms with E-state index < -0.39 is 6.43 Å². The van der Waals surface area contributed by atoms with Crippen LogP contribution < -0.4 is 4.74 Å². The van der Waals surface area contributed by atoms with Crippen LogP contribution in [0.15, 0.2) is 36.4 Å². The van der Waals surface area contributed by atoms with Crippen molar-refractivity contribution in [3.05, 3.63) is 52.0 Å². The highest BCUT2D eigenvalue weighted by molar-refractivity contribution is 6.36. The number of hydrogen-bond donors (Lipinski definition) is 0. The summed E-state index contributed by atoms with van der Waals surface area (Å²) in [6.07, 6.45) is -2.59. The zero-order chi connectivity index (χ0) is 14.0. The molecule has 0 aliphatic carbocycles. The summed E-state index contributed by atoms with van der Waals surface area (Å²) in [6, 6.07) is 9.12. The van der Waals surface area contributed by atoms with Gasteiger partial charge in [-0.2, -0.15) is 0 Å². The number of hydrogen-bond acceptors (Lipinski definition) is 1. The summed E-state index contributed by atoms with van der Waals surface area (Å²) in [4.78, 5) is 0. The van der Waals surface area contributed by atoms with Crippen LogP contribution in [-0.4, -0.2) is 7.11 Å². The lowest BCUT2D eigenvalue weighted by Crippen LogP contribution is -1.93. The Morgan fingerprint density at radius 3 is 2.32 bits per heavy atom. The fourth-order valence-corrected chi connectivity index (χ4v) is 2.30. The SMILES string of the molecule is COc1ccc(C(F)F)c(-c2ccc(Cl)cc2Cl)c1. The highest BCUT2D eigenvalue weighted by Crippen LogP contribution is 2.38. The van der Waals surface area contributed by atoms with Crippen LogP contribution in [0.3, 0.4) is 0 Å². The second-order valence-corrected chi connectivity index (χ2v) is 4.72. The van der Waals surface area contributed by atoms with Crippen molar-refractivity contribution in [3.63, 3.8) is 0 Å². The zero-order valence-corrected chi connectivity index (χ0v) is 11.5. The fraction of sp³-hybridized carbons (Fsp3) is 0.143. The molecule has 0 saturated heterocycles. The lowest BCUT2D eigenvalue weighted by Gasteiger charge is -2.12.